The molecule has 0 aliphatic carbocycles. The first kappa shape index (κ1) is 18.5. The van der Waals surface area contributed by atoms with Crippen molar-refractivity contribution in [2.24, 2.45) is 0 Å². The van der Waals surface area contributed by atoms with Crippen molar-refractivity contribution in [2.75, 3.05) is 12.4 Å². The predicted octanol–water partition coefficient (Wildman–Crippen LogP) is 2.23. The molecule has 4 heterocycles. The van der Waals surface area contributed by atoms with Gasteiger partial charge in [-0.25, -0.2) is 14.6 Å². The molecular weight excluding hydrogens is 370 g/mol. The molecule has 0 fully saturated rings. The monoisotopic (exact) mass is 389 g/mol. The van der Waals surface area contributed by atoms with Crippen LogP contribution >= 0.6 is 0 Å². The van der Waals surface area contributed by atoms with Gasteiger partial charge < -0.3 is 10.1 Å². The molecule has 4 aromatic heterocycles. The summed E-state index contributed by atoms with van der Waals surface area (Å²) >= 11 is 0. The number of rotatable bonds is 6. The lowest BCUT2D eigenvalue weighted by atomic mass is 10.2. The molecule has 1 N–H and O–H groups in total. The van der Waals surface area contributed by atoms with E-state index in [1.165, 1.54) is 6.20 Å². The SMILES string of the molecule is COCc1cn(-c2cnc(-n3ncc4cc(C#N)cnc43)cc2NC(C)C)nn1. The summed E-state index contributed by atoms with van der Waals surface area (Å²) in [6.07, 6.45) is 6.71. The van der Waals surface area contributed by atoms with Gasteiger partial charge in [0.2, 0.25) is 0 Å². The number of nitriles is 1. The highest BCUT2D eigenvalue weighted by molar-refractivity contribution is 5.77. The van der Waals surface area contributed by atoms with Crippen LogP contribution in [0.1, 0.15) is 25.1 Å². The lowest BCUT2D eigenvalue weighted by molar-refractivity contribution is 0.181. The fourth-order valence-corrected chi connectivity index (χ4v) is 2.94. The van der Waals surface area contributed by atoms with Crippen molar-refractivity contribution in [2.45, 2.75) is 26.5 Å². The van der Waals surface area contributed by atoms with E-state index < -0.39 is 0 Å². The highest BCUT2D eigenvalue weighted by atomic mass is 16.5. The van der Waals surface area contributed by atoms with Crippen LogP contribution in [0.4, 0.5) is 5.69 Å². The van der Waals surface area contributed by atoms with E-state index in [1.807, 2.05) is 6.07 Å². The van der Waals surface area contributed by atoms with Gasteiger partial charge >= 0.3 is 0 Å². The number of nitrogens with one attached hydrogen (secondary N) is 1. The van der Waals surface area contributed by atoms with Crippen molar-refractivity contribution in [1.29, 1.82) is 5.26 Å². The topological polar surface area (TPSA) is 119 Å². The maximum Gasteiger partial charge on any atom is 0.164 e. The van der Waals surface area contributed by atoms with Gasteiger partial charge in [-0.05, 0) is 19.9 Å². The molecule has 4 aromatic rings. The van der Waals surface area contributed by atoms with E-state index in [1.54, 1.807) is 41.1 Å². The Morgan fingerprint density at radius 3 is 2.83 bits per heavy atom. The molecule has 146 valence electrons. The van der Waals surface area contributed by atoms with Gasteiger partial charge in [-0.15, -0.1) is 5.10 Å². The minimum Gasteiger partial charge on any atom is -0.381 e. The second-order valence-corrected chi connectivity index (χ2v) is 6.75. The van der Waals surface area contributed by atoms with E-state index in [4.69, 9.17) is 10.00 Å². The summed E-state index contributed by atoms with van der Waals surface area (Å²) in [5.41, 5.74) is 3.43. The van der Waals surface area contributed by atoms with Crippen LogP contribution in [0.2, 0.25) is 0 Å². The van der Waals surface area contributed by atoms with E-state index >= 15 is 0 Å². The Balaban J connectivity index is 1.79. The smallest absolute Gasteiger partial charge is 0.164 e. The van der Waals surface area contributed by atoms with Crippen molar-refractivity contribution in [3.8, 4) is 17.6 Å². The molecule has 0 aromatic carbocycles. The third kappa shape index (κ3) is 3.63. The number of hydrogen-bond acceptors (Lipinski definition) is 8. The fourth-order valence-electron chi connectivity index (χ4n) is 2.94. The second kappa shape index (κ2) is 7.65. The Kier molecular flexibility index (Phi) is 4.88. The molecule has 0 atom stereocenters. The molecule has 0 bridgehead atoms. The molecule has 0 aliphatic rings. The Labute approximate surface area is 166 Å². The van der Waals surface area contributed by atoms with Crippen LogP contribution in [0, 0.1) is 11.3 Å². The van der Waals surface area contributed by atoms with Crippen molar-refractivity contribution >= 4 is 16.7 Å². The van der Waals surface area contributed by atoms with Gasteiger partial charge in [0.05, 0.1) is 36.4 Å². The van der Waals surface area contributed by atoms with E-state index in [0.717, 1.165) is 22.5 Å². The normalized spacial score (nSPS) is 11.1. The molecule has 10 nitrogen and oxygen atoms in total. The summed E-state index contributed by atoms with van der Waals surface area (Å²) in [6.45, 7) is 4.49. The molecule has 4 rings (SSSR count). The number of pyridine rings is 2. The van der Waals surface area contributed by atoms with Crippen molar-refractivity contribution in [1.82, 2.24) is 34.7 Å². The number of methoxy groups -OCH3 is 1. The van der Waals surface area contributed by atoms with Gasteiger partial charge in [0.15, 0.2) is 11.5 Å². The zero-order valence-electron chi connectivity index (χ0n) is 16.2. The van der Waals surface area contributed by atoms with Crippen LogP contribution in [-0.2, 0) is 11.3 Å². The quantitative estimate of drug-likeness (QED) is 0.533. The zero-order valence-corrected chi connectivity index (χ0v) is 16.2. The van der Waals surface area contributed by atoms with Gasteiger partial charge in [-0.1, -0.05) is 5.21 Å². The van der Waals surface area contributed by atoms with Gasteiger partial charge in [0.25, 0.3) is 0 Å². The van der Waals surface area contributed by atoms with Crippen LogP contribution in [0.25, 0.3) is 22.5 Å². The standard InChI is InChI=1S/C19H19N9O/c1-12(2)24-16-5-18(21-9-17(16)27-10-15(11-29-3)25-26-27)28-19-14(8-23-28)4-13(6-20)7-22-19/h4-5,7-10,12H,11H2,1-3H3,(H,21,24). The summed E-state index contributed by atoms with van der Waals surface area (Å²) in [5, 5.41) is 25.9. The third-order valence-corrected chi connectivity index (χ3v) is 4.15. The molecule has 0 saturated heterocycles. The lowest BCUT2D eigenvalue weighted by Crippen LogP contribution is -2.14. The highest BCUT2D eigenvalue weighted by Crippen LogP contribution is 2.24. The van der Waals surface area contributed by atoms with Crippen molar-refractivity contribution in [3.05, 3.63) is 48.2 Å². The predicted molar refractivity (Wildman–Crippen MR) is 106 cm³/mol. The van der Waals surface area contributed by atoms with Crippen LogP contribution in [0.15, 0.2) is 36.9 Å². The molecule has 0 radical (unpaired) electrons. The number of fused-ring (bicyclic) bond motifs is 1. The van der Waals surface area contributed by atoms with E-state index in [9.17, 15) is 0 Å². The summed E-state index contributed by atoms with van der Waals surface area (Å²) in [6, 6.07) is 5.92. The molecule has 0 unspecified atom stereocenters. The van der Waals surface area contributed by atoms with Gasteiger partial charge in [0, 0.05) is 30.8 Å². The molecule has 0 aliphatic heterocycles. The first-order valence-electron chi connectivity index (χ1n) is 9.00. The number of aromatic nitrogens is 7. The fraction of sp³-hybridized carbons (Fsp3) is 0.263. The van der Waals surface area contributed by atoms with Crippen molar-refractivity contribution < 1.29 is 4.74 Å². The number of ether oxygens (including phenoxy) is 1. The maximum absolute atomic E-state index is 9.06. The Bertz CT molecular complexity index is 1200. The zero-order chi connectivity index (χ0) is 20.4. The van der Waals surface area contributed by atoms with E-state index in [0.29, 0.717) is 23.6 Å². The Hall–Kier alpha value is -3.84. The molecule has 0 amide bonds. The minimum absolute atomic E-state index is 0.191. The Morgan fingerprint density at radius 1 is 1.21 bits per heavy atom. The summed E-state index contributed by atoms with van der Waals surface area (Å²) < 4.78 is 8.42. The van der Waals surface area contributed by atoms with Crippen LogP contribution in [0.3, 0.4) is 0 Å². The van der Waals surface area contributed by atoms with Gasteiger partial charge in [-0.2, -0.15) is 15.0 Å². The molecule has 0 saturated carbocycles. The highest BCUT2D eigenvalue weighted by Gasteiger charge is 2.14. The maximum atomic E-state index is 9.06. The molecule has 29 heavy (non-hydrogen) atoms. The molecule has 10 heteroatoms. The number of hydrogen-bond donors (Lipinski definition) is 1. The molecule has 0 spiro atoms. The molecular formula is C19H19N9O. The van der Waals surface area contributed by atoms with Crippen LogP contribution in [0.5, 0.6) is 0 Å². The van der Waals surface area contributed by atoms with E-state index in [2.05, 4.69) is 50.6 Å². The lowest BCUT2D eigenvalue weighted by Gasteiger charge is -2.15. The average molecular weight is 389 g/mol. The first-order chi connectivity index (χ1) is 14.1. The van der Waals surface area contributed by atoms with E-state index in [-0.39, 0.29) is 6.04 Å². The van der Waals surface area contributed by atoms with Crippen LogP contribution in [-0.4, -0.2) is 47.9 Å². The summed E-state index contributed by atoms with van der Waals surface area (Å²) in [7, 11) is 1.61. The van der Waals surface area contributed by atoms with Crippen LogP contribution < -0.4 is 5.32 Å². The minimum atomic E-state index is 0.191. The third-order valence-electron chi connectivity index (χ3n) is 4.15. The average Bonchev–Trinajstić information content (AvgIpc) is 3.34. The van der Waals surface area contributed by atoms with Gasteiger partial charge in [-0.3, -0.25) is 0 Å². The number of anilines is 1. The summed E-state index contributed by atoms with van der Waals surface area (Å²) in [4.78, 5) is 8.91. The number of nitrogens with zero attached hydrogens (tertiary/aromatic N) is 8. The first-order valence-corrected chi connectivity index (χ1v) is 9.00. The summed E-state index contributed by atoms with van der Waals surface area (Å²) in [5.74, 6) is 0.598. The van der Waals surface area contributed by atoms with Gasteiger partial charge in [0.1, 0.15) is 17.5 Å². The largest absolute Gasteiger partial charge is 0.381 e. The second-order valence-electron chi connectivity index (χ2n) is 6.75. The van der Waals surface area contributed by atoms with Crippen molar-refractivity contribution in [3.63, 3.8) is 0 Å². The Morgan fingerprint density at radius 2 is 2.07 bits per heavy atom.